The van der Waals surface area contributed by atoms with E-state index in [0.29, 0.717) is 23.2 Å². The molecule has 126 valence electrons. The molecule has 0 saturated heterocycles. The minimum Gasteiger partial charge on any atom is -0.494 e. The van der Waals surface area contributed by atoms with Crippen molar-refractivity contribution < 1.29 is 23.5 Å². The second kappa shape index (κ2) is 8.10. The predicted molar refractivity (Wildman–Crippen MR) is 86.8 cm³/mol. The lowest BCUT2D eigenvalue weighted by atomic mass is 10.2. The van der Waals surface area contributed by atoms with Crippen LogP contribution < -0.4 is 9.47 Å². The molecule has 0 atom stereocenters. The van der Waals surface area contributed by atoms with Crippen molar-refractivity contribution in [3.05, 3.63) is 59.4 Å². The van der Waals surface area contributed by atoms with Crippen molar-refractivity contribution in [1.82, 2.24) is 4.90 Å². The highest BCUT2D eigenvalue weighted by atomic mass is 19.1. The maximum atomic E-state index is 13.7. The fraction of sp³-hybridized carbons (Fsp3) is 0.222. The maximum Gasteiger partial charge on any atom is 0.260 e. The van der Waals surface area contributed by atoms with Gasteiger partial charge >= 0.3 is 0 Å². The van der Waals surface area contributed by atoms with E-state index in [0.717, 1.165) is 0 Å². The third-order valence-corrected chi connectivity index (χ3v) is 3.46. The number of hydrogen-bond acceptors (Lipinski definition) is 4. The molecule has 6 heteroatoms. The minimum absolute atomic E-state index is 0.154. The van der Waals surface area contributed by atoms with Crippen molar-refractivity contribution in [2.45, 2.75) is 6.54 Å². The summed E-state index contributed by atoms with van der Waals surface area (Å²) in [5.74, 6) is -0.259. The predicted octanol–water partition coefficient (Wildman–Crippen LogP) is 2.68. The van der Waals surface area contributed by atoms with Crippen molar-refractivity contribution in [2.24, 2.45) is 0 Å². The van der Waals surface area contributed by atoms with Gasteiger partial charge in [-0.3, -0.25) is 9.59 Å². The number of nitrogens with zero attached hydrogens (tertiary/aromatic N) is 1. The van der Waals surface area contributed by atoms with Gasteiger partial charge in [-0.15, -0.1) is 0 Å². The molecule has 0 N–H and O–H groups in total. The highest BCUT2D eigenvalue weighted by Crippen LogP contribution is 2.19. The summed E-state index contributed by atoms with van der Waals surface area (Å²) in [5, 5.41) is 0. The number of halogens is 1. The molecular weight excluding hydrogens is 313 g/mol. The Kier molecular flexibility index (Phi) is 5.89. The molecule has 0 radical (unpaired) electrons. The normalized spacial score (nSPS) is 10.1. The van der Waals surface area contributed by atoms with Gasteiger partial charge in [-0.1, -0.05) is 18.2 Å². The largest absolute Gasteiger partial charge is 0.494 e. The molecule has 0 aromatic heterocycles. The summed E-state index contributed by atoms with van der Waals surface area (Å²) in [7, 11) is 2.99. The zero-order valence-electron chi connectivity index (χ0n) is 13.5. The number of likely N-dealkylation sites (N-methyl/N-ethyl adjacent to an activating group) is 1. The second-order valence-corrected chi connectivity index (χ2v) is 5.16. The minimum atomic E-state index is -0.480. The van der Waals surface area contributed by atoms with Crippen molar-refractivity contribution >= 4 is 12.2 Å². The smallest absolute Gasteiger partial charge is 0.260 e. The Morgan fingerprint density at radius 2 is 1.96 bits per heavy atom. The number of carbonyl (C=O) groups excluding carboxylic acids is 2. The standard InChI is InChI=1S/C18H18FNO4/c1-20(10-13-7-8-17(23-2)15(19)9-13)18(22)12-24-16-6-4-3-5-14(16)11-21/h3-9,11H,10,12H2,1-2H3. The van der Waals surface area contributed by atoms with Crippen LogP contribution in [0.4, 0.5) is 4.39 Å². The topological polar surface area (TPSA) is 55.8 Å². The first-order valence-electron chi connectivity index (χ1n) is 7.28. The number of carbonyl (C=O) groups is 2. The molecule has 5 nitrogen and oxygen atoms in total. The number of hydrogen-bond donors (Lipinski definition) is 0. The molecule has 2 aromatic carbocycles. The lowest BCUT2D eigenvalue weighted by molar-refractivity contribution is -0.132. The SMILES string of the molecule is COc1ccc(CN(C)C(=O)COc2ccccc2C=O)cc1F. The van der Waals surface area contributed by atoms with Crippen LogP contribution >= 0.6 is 0 Å². The van der Waals surface area contributed by atoms with Crippen LogP contribution in [-0.2, 0) is 11.3 Å². The molecule has 0 aliphatic heterocycles. The molecule has 1 amide bonds. The van der Waals surface area contributed by atoms with Gasteiger partial charge in [0.15, 0.2) is 24.5 Å². The van der Waals surface area contributed by atoms with E-state index in [1.165, 1.54) is 24.1 Å². The molecule has 0 unspecified atom stereocenters. The highest BCUT2D eigenvalue weighted by molar-refractivity contribution is 5.80. The molecule has 0 fully saturated rings. The van der Waals surface area contributed by atoms with E-state index in [1.54, 1.807) is 37.4 Å². The zero-order valence-corrected chi connectivity index (χ0v) is 13.5. The fourth-order valence-corrected chi connectivity index (χ4v) is 2.13. The van der Waals surface area contributed by atoms with Gasteiger partial charge in [0.25, 0.3) is 5.91 Å². The van der Waals surface area contributed by atoms with Crippen LogP contribution in [0.5, 0.6) is 11.5 Å². The monoisotopic (exact) mass is 331 g/mol. The van der Waals surface area contributed by atoms with Crippen molar-refractivity contribution in [1.29, 1.82) is 0 Å². The third-order valence-electron chi connectivity index (χ3n) is 3.46. The molecular formula is C18H18FNO4. The van der Waals surface area contributed by atoms with Crippen molar-refractivity contribution in [3.8, 4) is 11.5 Å². The number of amides is 1. The summed E-state index contributed by atoms with van der Waals surface area (Å²) >= 11 is 0. The number of methoxy groups -OCH3 is 1. The van der Waals surface area contributed by atoms with Gasteiger partial charge in [-0.25, -0.2) is 4.39 Å². The van der Waals surface area contributed by atoms with Crippen LogP contribution in [0.3, 0.4) is 0 Å². The lowest BCUT2D eigenvalue weighted by Gasteiger charge is -2.18. The van der Waals surface area contributed by atoms with Crippen molar-refractivity contribution in [2.75, 3.05) is 20.8 Å². The van der Waals surface area contributed by atoms with E-state index in [9.17, 15) is 14.0 Å². The van der Waals surface area contributed by atoms with E-state index < -0.39 is 5.82 Å². The van der Waals surface area contributed by atoms with Crippen molar-refractivity contribution in [3.63, 3.8) is 0 Å². The summed E-state index contributed by atoms with van der Waals surface area (Å²) in [5.41, 5.74) is 1.02. The lowest BCUT2D eigenvalue weighted by Crippen LogP contribution is -2.31. The molecule has 0 saturated carbocycles. The quantitative estimate of drug-likeness (QED) is 0.732. The highest BCUT2D eigenvalue weighted by Gasteiger charge is 2.13. The molecule has 0 heterocycles. The molecule has 24 heavy (non-hydrogen) atoms. The molecule has 2 rings (SSSR count). The van der Waals surface area contributed by atoms with E-state index in [-0.39, 0.29) is 24.8 Å². The number of aldehydes is 1. The maximum absolute atomic E-state index is 13.7. The molecule has 0 aliphatic carbocycles. The Morgan fingerprint density at radius 1 is 1.21 bits per heavy atom. The fourth-order valence-electron chi connectivity index (χ4n) is 2.13. The van der Waals surface area contributed by atoms with Gasteiger partial charge in [0.05, 0.1) is 12.7 Å². The van der Waals surface area contributed by atoms with Gasteiger partial charge in [0.2, 0.25) is 0 Å². The van der Waals surface area contributed by atoms with E-state index in [4.69, 9.17) is 9.47 Å². The first kappa shape index (κ1) is 17.5. The Bertz CT molecular complexity index is 733. The number of rotatable bonds is 7. The first-order chi connectivity index (χ1) is 11.5. The van der Waals surface area contributed by atoms with Gasteiger partial charge in [-0.05, 0) is 29.8 Å². The summed E-state index contributed by atoms with van der Waals surface area (Å²) < 4.78 is 23.9. The Balaban J connectivity index is 1.95. The Morgan fingerprint density at radius 3 is 2.62 bits per heavy atom. The number of para-hydroxylation sites is 1. The van der Waals surface area contributed by atoms with Crippen LogP contribution in [0.1, 0.15) is 15.9 Å². The number of benzene rings is 2. The Hall–Kier alpha value is -2.89. The summed E-state index contributed by atoms with van der Waals surface area (Å²) in [6.45, 7) is 0.0262. The summed E-state index contributed by atoms with van der Waals surface area (Å²) in [6.07, 6.45) is 0.670. The van der Waals surface area contributed by atoms with Crippen LogP contribution in [0.15, 0.2) is 42.5 Å². The average molecular weight is 331 g/mol. The van der Waals surface area contributed by atoms with Gasteiger partial charge in [-0.2, -0.15) is 0 Å². The average Bonchev–Trinajstić information content (AvgIpc) is 2.60. The van der Waals surface area contributed by atoms with E-state index in [1.807, 2.05) is 0 Å². The Labute approximate surface area is 139 Å². The summed E-state index contributed by atoms with van der Waals surface area (Å²) in [6, 6.07) is 11.2. The van der Waals surface area contributed by atoms with Gasteiger partial charge in [0.1, 0.15) is 5.75 Å². The van der Waals surface area contributed by atoms with Gasteiger partial charge < -0.3 is 14.4 Å². The van der Waals surface area contributed by atoms with E-state index in [2.05, 4.69) is 0 Å². The zero-order chi connectivity index (χ0) is 17.5. The van der Waals surface area contributed by atoms with Crippen LogP contribution in [0, 0.1) is 5.82 Å². The van der Waals surface area contributed by atoms with Crippen LogP contribution in [0.25, 0.3) is 0 Å². The van der Waals surface area contributed by atoms with Gasteiger partial charge in [0, 0.05) is 13.6 Å². The van der Waals surface area contributed by atoms with E-state index >= 15 is 0 Å². The molecule has 0 spiro atoms. The molecule has 0 bridgehead atoms. The van der Waals surface area contributed by atoms with Crippen LogP contribution in [0.2, 0.25) is 0 Å². The summed E-state index contributed by atoms with van der Waals surface area (Å²) in [4.78, 5) is 24.5. The first-order valence-corrected chi connectivity index (χ1v) is 7.28. The molecule has 0 aliphatic rings. The molecule has 2 aromatic rings. The number of ether oxygens (including phenoxy) is 2. The van der Waals surface area contributed by atoms with Crippen LogP contribution in [-0.4, -0.2) is 37.9 Å². The third kappa shape index (κ3) is 4.32. The second-order valence-electron chi connectivity index (χ2n) is 5.16.